The van der Waals surface area contributed by atoms with E-state index < -0.39 is 5.41 Å². The number of unbranched alkanes of at least 4 members (excludes halogenated alkanes) is 9. The lowest BCUT2D eigenvalue weighted by Crippen LogP contribution is -2.25. The monoisotopic (exact) mass is 551 g/mol. The molecule has 0 aromatic heterocycles. The Bertz CT molecular complexity index is 985. The number of benzene rings is 2. The number of nitriles is 1. The van der Waals surface area contributed by atoms with Gasteiger partial charge in [-0.1, -0.05) is 107 Å². The quantitative estimate of drug-likeness (QED) is 0.114. The molecule has 0 spiro atoms. The lowest BCUT2D eigenvalue weighted by atomic mass is 9.73. The van der Waals surface area contributed by atoms with Crippen LogP contribution < -0.4 is 4.74 Å². The van der Waals surface area contributed by atoms with Crippen LogP contribution >= 0.6 is 11.6 Å². The van der Waals surface area contributed by atoms with E-state index in [1.165, 1.54) is 63.4 Å². The lowest BCUT2D eigenvalue weighted by Gasteiger charge is -2.28. The minimum absolute atomic E-state index is 0.157. The van der Waals surface area contributed by atoms with E-state index in [0.29, 0.717) is 0 Å². The Labute approximate surface area is 243 Å². The summed E-state index contributed by atoms with van der Waals surface area (Å²) in [7, 11) is 3.44. The average molecular weight is 552 g/mol. The lowest BCUT2D eigenvalue weighted by molar-refractivity contribution is 0.392. The fraction of sp³-hybridized carbons (Fsp3) is 0.618. The smallest absolute Gasteiger partial charge is 0.119 e. The van der Waals surface area contributed by atoms with Crippen LogP contribution in [0.15, 0.2) is 58.8 Å². The standard InChI is InChI=1S/C34H50ClN3O/c1-4-5-6-7-8-9-10-11-12-13-25-34(28-36,30-16-14-18-33(27-30)39-3)26-15-17-32(38-37-2)24-21-29-19-22-31(35)23-20-29/h14,16,18-20,22-23,27,32H,4-13,15,17,21,24-26H2,1-3H3. The average Bonchev–Trinajstić information content (AvgIpc) is 2.96. The summed E-state index contributed by atoms with van der Waals surface area (Å²) < 4.78 is 5.51. The number of nitrogens with zero attached hydrogens (tertiary/aromatic N) is 3. The Hall–Kier alpha value is -2.38. The molecule has 0 fully saturated rings. The first kappa shape index (κ1) is 32.8. The summed E-state index contributed by atoms with van der Waals surface area (Å²) >= 11 is 6.04. The van der Waals surface area contributed by atoms with Gasteiger partial charge in [-0.2, -0.15) is 15.5 Å². The number of hydrogen-bond acceptors (Lipinski definition) is 4. The number of aryl methyl sites for hydroxylation is 1. The van der Waals surface area contributed by atoms with Crippen molar-refractivity contribution in [2.45, 2.75) is 121 Å². The highest BCUT2D eigenvalue weighted by molar-refractivity contribution is 6.30. The predicted octanol–water partition coefficient (Wildman–Crippen LogP) is 10.7. The van der Waals surface area contributed by atoms with Crippen molar-refractivity contribution in [3.05, 3.63) is 64.7 Å². The van der Waals surface area contributed by atoms with Crippen molar-refractivity contribution in [2.75, 3.05) is 14.2 Å². The Morgan fingerprint density at radius 3 is 2.13 bits per heavy atom. The molecule has 0 bridgehead atoms. The molecule has 0 heterocycles. The summed E-state index contributed by atoms with van der Waals surface area (Å²) in [5.41, 5.74) is 1.84. The van der Waals surface area contributed by atoms with Gasteiger partial charge in [-0.3, -0.25) is 0 Å². The van der Waals surface area contributed by atoms with Gasteiger partial charge in [-0.25, -0.2) is 0 Å². The molecular weight excluding hydrogens is 502 g/mol. The molecule has 0 saturated carbocycles. The van der Waals surface area contributed by atoms with Crippen molar-refractivity contribution in [3.8, 4) is 11.8 Å². The van der Waals surface area contributed by atoms with E-state index in [9.17, 15) is 5.26 Å². The number of methoxy groups -OCH3 is 1. The zero-order valence-electron chi connectivity index (χ0n) is 24.6. The van der Waals surface area contributed by atoms with E-state index in [0.717, 1.165) is 61.3 Å². The Balaban J connectivity index is 1.94. The molecular formula is C34H50ClN3O. The molecule has 2 unspecified atom stereocenters. The van der Waals surface area contributed by atoms with Gasteiger partial charge < -0.3 is 4.74 Å². The largest absolute Gasteiger partial charge is 0.497 e. The van der Waals surface area contributed by atoms with E-state index in [1.807, 2.05) is 24.3 Å². The van der Waals surface area contributed by atoms with Gasteiger partial charge in [0.2, 0.25) is 0 Å². The van der Waals surface area contributed by atoms with Crippen LogP contribution in [0.4, 0.5) is 0 Å². The van der Waals surface area contributed by atoms with E-state index in [-0.39, 0.29) is 6.04 Å². The maximum Gasteiger partial charge on any atom is 0.119 e. The summed E-state index contributed by atoms with van der Waals surface area (Å²) in [4.78, 5) is 0. The summed E-state index contributed by atoms with van der Waals surface area (Å²) in [6, 6.07) is 19.1. The number of ether oxygens (including phenoxy) is 1. The first-order valence-electron chi connectivity index (χ1n) is 15.2. The zero-order valence-corrected chi connectivity index (χ0v) is 25.4. The highest BCUT2D eigenvalue weighted by atomic mass is 35.5. The molecule has 4 nitrogen and oxygen atoms in total. The second-order valence-corrected chi connectivity index (χ2v) is 11.3. The van der Waals surface area contributed by atoms with Crippen LogP contribution in [0.1, 0.15) is 114 Å². The normalized spacial score (nSPS) is 13.7. The fourth-order valence-electron chi connectivity index (χ4n) is 5.47. The molecule has 2 rings (SSSR count). The van der Waals surface area contributed by atoms with Crippen molar-refractivity contribution >= 4 is 11.6 Å². The number of hydrogen-bond donors (Lipinski definition) is 0. The third-order valence-corrected chi connectivity index (χ3v) is 8.14. The van der Waals surface area contributed by atoms with Crippen molar-refractivity contribution in [1.29, 1.82) is 5.26 Å². The first-order valence-corrected chi connectivity index (χ1v) is 15.5. The molecule has 0 radical (unpaired) electrons. The van der Waals surface area contributed by atoms with Gasteiger partial charge in [0.25, 0.3) is 0 Å². The molecule has 0 aliphatic heterocycles. The van der Waals surface area contributed by atoms with E-state index in [1.54, 1.807) is 14.2 Å². The van der Waals surface area contributed by atoms with Crippen LogP contribution in [0.25, 0.3) is 0 Å². The van der Waals surface area contributed by atoms with Crippen LogP contribution in [-0.4, -0.2) is 20.2 Å². The Kier molecular flexibility index (Phi) is 16.5. The van der Waals surface area contributed by atoms with Crippen molar-refractivity contribution in [1.82, 2.24) is 0 Å². The summed E-state index contributed by atoms with van der Waals surface area (Å²) in [6.07, 6.45) is 18.4. The maximum atomic E-state index is 10.5. The van der Waals surface area contributed by atoms with Gasteiger partial charge in [-0.05, 0) is 73.9 Å². The highest BCUT2D eigenvalue weighted by Crippen LogP contribution is 2.37. The predicted molar refractivity (Wildman–Crippen MR) is 165 cm³/mol. The Morgan fingerprint density at radius 1 is 0.872 bits per heavy atom. The first-order chi connectivity index (χ1) is 19.1. The third kappa shape index (κ3) is 12.6. The summed E-state index contributed by atoms with van der Waals surface area (Å²) in [5.74, 6) is 0.816. The van der Waals surface area contributed by atoms with Gasteiger partial charge in [0.05, 0.1) is 24.6 Å². The maximum absolute atomic E-state index is 10.5. The topological polar surface area (TPSA) is 57.7 Å². The zero-order chi connectivity index (χ0) is 28.2. The SMILES string of the molecule is CCCCCCCCCCCCC(C#N)(CCCC(CCc1ccc(Cl)cc1)N=NC)c1cccc(OC)c1. The molecule has 39 heavy (non-hydrogen) atoms. The molecule has 214 valence electrons. The van der Waals surface area contributed by atoms with Crippen LogP contribution in [0.2, 0.25) is 5.02 Å². The van der Waals surface area contributed by atoms with Gasteiger partial charge in [-0.15, -0.1) is 0 Å². The molecule has 0 aliphatic rings. The molecule has 0 N–H and O–H groups in total. The van der Waals surface area contributed by atoms with Gasteiger partial charge in [0.1, 0.15) is 5.75 Å². The molecule has 2 atom stereocenters. The molecule has 0 amide bonds. The second kappa shape index (κ2) is 19.6. The number of rotatable bonds is 21. The number of azo groups is 1. The number of halogens is 1. The second-order valence-electron chi connectivity index (χ2n) is 10.9. The van der Waals surface area contributed by atoms with E-state index in [2.05, 4.69) is 47.5 Å². The van der Waals surface area contributed by atoms with Crippen molar-refractivity contribution in [2.24, 2.45) is 10.2 Å². The van der Waals surface area contributed by atoms with Crippen LogP contribution in [-0.2, 0) is 11.8 Å². The van der Waals surface area contributed by atoms with E-state index in [4.69, 9.17) is 16.3 Å². The fourth-order valence-corrected chi connectivity index (χ4v) is 5.60. The molecule has 0 saturated heterocycles. The highest BCUT2D eigenvalue weighted by Gasteiger charge is 2.32. The van der Waals surface area contributed by atoms with Gasteiger partial charge in [0, 0.05) is 12.1 Å². The molecule has 2 aromatic carbocycles. The van der Waals surface area contributed by atoms with Gasteiger partial charge in [0.15, 0.2) is 0 Å². The van der Waals surface area contributed by atoms with E-state index >= 15 is 0 Å². The van der Waals surface area contributed by atoms with Crippen LogP contribution in [0.3, 0.4) is 0 Å². The third-order valence-electron chi connectivity index (χ3n) is 7.89. The summed E-state index contributed by atoms with van der Waals surface area (Å²) in [5, 5.41) is 19.9. The van der Waals surface area contributed by atoms with Crippen molar-refractivity contribution in [3.63, 3.8) is 0 Å². The molecule has 2 aromatic rings. The van der Waals surface area contributed by atoms with Gasteiger partial charge >= 0.3 is 0 Å². The van der Waals surface area contributed by atoms with Crippen LogP contribution in [0.5, 0.6) is 5.75 Å². The summed E-state index contributed by atoms with van der Waals surface area (Å²) in [6.45, 7) is 2.27. The minimum atomic E-state index is -0.501. The molecule has 5 heteroatoms. The van der Waals surface area contributed by atoms with Crippen molar-refractivity contribution < 1.29 is 4.74 Å². The minimum Gasteiger partial charge on any atom is -0.497 e. The molecule has 0 aliphatic carbocycles. The Morgan fingerprint density at radius 2 is 1.51 bits per heavy atom. The van der Waals surface area contributed by atoms with Crippen LogP contribution in [0, 0.1) is 11.3 Å².